The Morgan fingerprint density at radius 1 is 0.951 bits per heavy atom. The van der Waals surface area contributed by atoms with Crippen LogP contribution in [-0.4, -0.2) is 21.2 Å². The maximum atomic E-state index is 6.64. The minimum absolute atomic E-state index is 0.270. The minimum atomic E-state index is -0.515. The van der Waals surface area contributed by atoms with Gasteiger partial charge < -0.3 is 5.73 Å². The molecule has 1 atom stereocenters. The Morgan fingerprint density at radius 3 is 2.29 bits per heavy atom. The molecule has 0 aliphatic heterocycles. The van der Waals surface area contributed by atoms with E-state index >= 15 is 0 Å². The molecule has 5 heteroatoms. The van der Waals surface area contributed by atoms with Gasteiger partial charge in [0.1, 0.15) is 0 Å². The van der Waals surface area contributed by atoms with E-state index < -0.39 is 5.41 Å². The van der Waals surface area contributed by atoms with E-state index in [9.17, 15) is 0 Å². The summed E-state index contributed by atoms with van der Waals surface area (Å²) < 4.78 is 0. The smallest absolute Gasteiger partial charge is 0.0936 e. The molecule has 3 aromatic rings. The Kier molecular flexibility index (Phi) is 8.45. The first-order valence-electron chi connectivity index (χ1n) is 15.5. The molecule has 5 nitrogen and oxygen atoms in total. The number of aromatic nitrogens is 3. The van der Waals surface area contributed by atoms with Crippen LogP contribution in [0.5, 0.6) is 0 Å². The summed E-state index contributed by atoms with van der Waals surface area (Å²) in [6.07, 6.45) is 18.8. The number of allylic oxidation sites excluding steroid dienone is 2. The summed E-state index contributed by atoms with van der Waals surface area (Å²) in [7, 11) is 0. The highest BCUT2D eigenvalue weighted by Crippen LogP contribution is 2.48. The molecule has 2 saturated carbocycles. The number of benzene rings is 1. The third-order valence-corrected chi connectivity index (χ3v) is 10.1. The fourth-order valence-corrected chi connectivity index (χ4v) is 6.73. The molecule has 1 aromatic carbocycles. The van der Waals surface area contributed by atoms with Crippen molar-refractivity contribution in [2.24, 2.45) is 21.6 Å². The van der Waals surface area contributed by atoms with E-state index in [-0.39, 0.29) is 5.41 Å². The zero-order valence-electron chi connectivity index (χ0n) is 25.7. The van der Waals surface area contributed by atoms with Crippen molar-refractivity contribution in [1.82, 2.24) is 15.0 Å². The maximum Gasteiger partial charge on any atom is 0.0936 e. The number of pyridine rings is 1. The van der Waals surface area contributed by atoms with Crippen LogP contribution in [0.1, 0.15) is 109 Å². The van der Waals surface area contributed by atoms with E-state index in [0.29, 0.717) is 17.0 Å². The highest BCUT2D eigenvalue weighted by Gasteiger charge is 2.36. The lowest BCUT2D eigenvalue weighted by Gasteiger charge is -2.31. The van der Waals surface area contributed by atoms with Crippen molar-refractivity contribution in [3.05, 3.63) is 83.7 Å². The van der Waals surface area contributed by atoms with Gasteiger partial charge in [0.2, 0.25) is 0 Å². The fourth-order valence-electron chi connectivity index (χ4n) is 6.73. The lowest BCUT2D eigenvalue weighted by atomic mass is 9.75. The minimum Gasteiger partial charge on any atom is -0.401 e. The summed E-state index contributed by atoms with van der Waals surface area (Å²) in [5.74, 6) is 0.440. The van der Waals surface area contributed by atoms with Crippen LogP contribution in [0.2, 0.25) is 0 Å². The number of hydrogen-bond acceptors (Lipinski definition) is 5. The predicted octanol–water partition coefficient (Wildman–Crippen LogP) is 8.87. The molecule has 0 spiro atoms. The molecular formula is C36H47N5. The van der Waals surface area contributed by atoms with Gasteiger partial charge in [0.15, 0.2) is 0 Å². The molecule has 0 radical (unpaired) electrons. The third-order valence-electron chi connectivity index (χ3n) is 10.1. The molecule has 0 amide bonds. The monoisotopic (exact) mass is 549 g/mol. The summed E-state index contributed by atoms with van der Waals surface area (Å²) in [5.41, 5.74) is 13.4. The zero-order chi connectivity index (χ0) is 29.1. The highest BCUT2D eigenvalue weighted by atomic mass is 14.9. The van der Waals surface area contributed by atoms with Crippen molar-refractivity contribution >= 4 is 11.9 Å². The van der Waals surface area contributed by atoms with Crippen molar-refractivity contribution in [2.75, 3.05) is 0 Å². The van der Waals surface area contributed by atoms with E-state index in [1.165, 1.54) is 57.1 Å². The lowest BCUT2D eigenvalue weighted by molar-refractivity contribution is 0.271. The molecule has 1 unspecified atom stereocenters. The van der Waals surface area contributed by atoms with Gasteiger partial charge in [-0.3, -0.25) is 15.0 Å². The molecule has 0 bridgehead atoms. The molecule has 2 aromatic heterocycles. The van der Waals surface area contributed by atoms with Gasteiger partial charge in [0.25, 0.3) is 0 Å². The van der Waals surface area contributed by atoms with Gasteiger partial charge in [0.05, 0.1) is 22.8 Å². The standard InChI is InChI=1S/C36H47N5/c1-26(36(5)20-11-12-21-36)29-16-15-27(24-39-29)33-30(23-35(4)18-9-10-19-35)40-25-32(41-33)34(2,3)31(37)17-22-38-28-13-7-6-8-14-28/h6-8,13-17,22,24-26H,9-12,18-21,23,37H2,1-5H3. The molecular weight excluding hydrogens is 502 g/mol. The molecule has 5 rings (SSSR count). The largest absolute Gasteiger partial charge is 0.401 e. The molecule has 2 N–H and O–H groups in total. The summed E-state index contributed by atoms with van der Waals surface area (Å²) in [6, 6.07) is 14.3. The lowest BCUT2D eigenvalue weighted by Crippen LogP contribution is -2.28. The van der Waals surface area contributed by atoms with Gasteiger partial charge in [-0.1, -0.05) is 64.7 Å². The Hall–Kier alpha value is -3.34. The van der Waals surface area contributed by atoms with E-state index in [0.717, 1.165) is 34.8 Å². The topological polar surface area (TPSA) is 77.0 Å². The van der Waals surface area contributed by atoms with Gasteiger partial charge in [-0.2, -0.15) is 0 Å². The van der Waals surface area contributed by atoms with Crippen molar-refractivity contribution in [3.8, 4) is 11.3 Å². The SMILES string of the molecule is CC(c1ccc(-c2nc(C(C)(C)C(N)=CC=Nc3ccccc3)cnc2CC2(C)CCCC2)cn1)C1(C)CCCC1. The van der Waals surface area contributed by atoms with Gasteiger partial charge in [-0.05, 0) is 87.1 Å². The fraction of sp³-hybridized carbons (Fsp3) is 0.500. The van der Waals surface area contributed by atoms with Crippen LogP contribution in [0.25, 0.3) is 11.3 Å². The van der Waals surface area contributed by atoms with Crippen LogP contribution in [0.15, 0.2) is 71.6 Å². The third kappa shape index (κ3) is 6.45. The van der Waals surface area contributed by atoms with Crippen molar-refractivity contribution in [2.45, 2.75) is 104 Å². The van der Waals surface area contributed by atoms with Crippen LogP contribution in [0, 0.1) is 10.8 Å². The second-order valence-corrected chi connectivity index (χ2v) is 13.7. The average molecular weight is 550 g/mol. The van der Waals surface area contributed by atoms with Crippen LogP contribution >= 0.6 is 0 Å². The van der Waals surface area contributed by atoms with E-state index in [1.807, 2.05) is 48.8 Å². The van der Waals surface area contributed by atoms with E-state index in [4.69, 9.17) is 20.7 Å². The van der Waals surface area contributed by atoms with E-state index in [2.05, 4.69) is 51.7 Å². The van der Waals surface area contributed by atoms with Gasteiger partial charge in [-0.15, -0.1) is 0 Å². The number of hydrogen-bond donors (Lipinski definition) is 1. The summed E-state index contributed by atoms with van der Waals surface area (Å²) >= 11 is 0. The van der Waals surface area contributed by atoms with Crippen molar-refractivity contribution < 1.29 is 0 Å². The van der Waals surface area contributed by atoms with Crippen molar-refractivity contribution in [3.63, 3.8) is 0 Å². The summed E-state index contributed by atoms with van der Waals surface area (Å²) in [5, 5.41) is 0. The van der Waals surface area contributed by atoms with Gasteiger partial charge in [0, 0.05) is 46.9 Å². The molecule has 216 valence electrons. The summed E-state index contributed by atoms with van der Waals surface area (Å²) in [4.78, 5) is 19.9. The van der Waals surface area contributed by atoms with Gasteiger partial charge in [-0.25, -0.2) is 4.98 Å². The average Bonchev–Trinajstić information content (AvgIpc) is 3.62. The summed E-state index contributed by atoms with van der Waals surface area (Å²) in [6.45, 7) is 11.4. The first-order chi connectivity index (χ1) is 19.6. The highest BCUT2D eigenvalue weighted by molar-refractivity contribution is 5.75. The molecule has 41 heavy (non-hydrogen) atoms. The molecule has 0 saturated heterocycles. The number of nitrogens with zero attached hydrogens (tertiary/aromatic N) is 4. The molecule has 2 aliphatic carbocycles. The second kappa shape index (κ2) is 11.9. The molecule has 2 fully saturated rings. The van der Waals surface area contributed by atoms with Crippen LogP contribution in [0.4, 0.5) is 5.69 Å². The Morgan fingerprint density at radius 2 is 1.63 bits per heavy atom. The Labute approximate surface area is 246 Å². The number of nitrogens with two attached hydrogens (primary N) is 1. The first-order valence-corrected chi connectivity index (χ1v) is 15.5. The Bertz CT molecular complexity index is 1380. The first kappa shape index (κ1) is 29.2. The molecule has 2 heterocycles. The molecule has 2 aliphatic rings. The second-order valence-electron chi connectivity index (χ2n) is 13.7. The van der Waals surface area contributed by atoms with Crippen LogP contribution in [0.3, 0.4) is 0 Å². The normalized spacial score (nSPS) is 19.6. The van der Waals surface area contributed by atoms with Crippen molar-refractivity contribution in [1.29, 1.82) is 0 Å². The predicted molar refractivity (Wildman–Crippen MR) is 170 cm³/mol. The van der Waals surface area contributed by atoms with Crippen LogP contribution < -0.4 is 5.73 Å². The number of aliphatic imine (C=N–C) groups is 1. The quantitative estimate of drug-likeness (QED) is 0.270. The maximum absolute atomic E-state index is 6.64. The van der Waals surface area contributed by atoms with E-state index in [1.54, 1.807) is 6.21 Å². The Balaban J connectivity index is 1.47. The van der Waals surface area contributed by atoms with Crippen LogP contribution in [-0.2, 0) is 11.8 Å². The van der Waals surface area contributed by atoms with Gasteiger partial charge >= 0.3 is 0 Å². The zero-order valence-corrected chi connectivity index (χ0v) is 25.7. The number of rotatable bonds is 9. The number of para-hydroxylation sites is 1.